The van der Waals surface area contributed by atoms with E-state index in [0.717, 1.165) is 0 Å². The Labute approximate surface area is 424 Å². The van der Waals surface area contributed by atoms with Gasteiger partial charge < -0.3 is 8.83 Å². The minimum Gasteiger partial charge on any atom is -0.457 e. The molecule has 10 rings (SSSR count). The second kappa shape index (κ2) is 15.6. The molecule has 0 bridgehead atoms. The van der Waals surface area contributed by atoms with E-state index < -0.39 is 0 Å². The van der Waals surface area contributed by atoms with E-state index in [0.29, 0.717) is 0 Å². The van der Waals surface area contributed by atoms with Crippen molar-refractivity contribution in [3.05, 3.63) is 0 Å². The maximum atomic E-state index is 7.13. The Morgan fingerprint density at radius 3 is 0.750 bits per heavy atom. The highest BCUT2D eigenvalue weighted by molar-refractivity contribution is 6.76. The molecule has 10 aromatic rings. The maximum absolute atomic E-state index is 7.13. The first-order valence-electron chi connectivity index (χ1n) is 20.0. The molecule has 8 aromatic carbocycles. The monoisotopic (exact) mass is 800 g/mol. The molecule has 2 heterocycles. The summed E-state index contributed by atoms with van der Waals surface area (Å²) in [7, 11) is 162. The Hall–Kier alpha value is -4.30. The van der Waals surface area contributed by atoms with Crippen LogP contribution in [0.5, 0.6) is 0 Å². The van der Waals surface area contributed by atoms with Crippen LogP contribution in [-0.4, -0.2) is 188 Å². The van der Waals surface area contributed by atoms with Crippen LogP contribution < -0.4 is 131 Å². The lowest BCUT2D eigenvalue weighted by atomic mass is 9.56. The Balaban J connectivity index is 1.54. The molecule has 0 atom stereocenters. The van der Waals surface area contributed by atoms with E-state index in [4.69, 9.17) is 197 Å². The van der Waals surface area contributed by atoms with Crippen molar-refractivity contribution < 1.29 is 8.83 Å². The number of benzene rings is 8. The van der Waals surface area contributed by atoms with Crippen LogP contribution in [0.3, 0.4) is 0 Å². The smallest absolute Gasteiger partial charge is 0.128 e. The SMILES string of the molecule is [B]c1c([B])c([B])c2c(oc3c([B])c4c(oc5c([B])c([B])c([B])c(-c6c7c([B])c([B])c([B])c([B])c7c(-c7c([B])c([B])c8c([B])c([B])c([B])c([B])c8c7[B])c7c([B])c([B])c([B])c([B])c67)c54)c([B])c32)c1[B]. The summed E-state index contributed by atoms with van der Waals surface area (Å²) in [5, 5.41) is 0.859. The first-order chi connectivity index (χ1) is 31.8. The van der Waals surface area contributed by atoms with Crippen LogP contribution in [0.2, 0.25) is 0 Å². The lowest BCUT2D eigenvalue weighted by Crippen LogP contribution is -2.52. The zero-order valence-corrected chi connectivity index (χ0v) is 35.7. The van der Waals surface area contributed by atoms with Gasteiger partial charge in [0.05, 0.1) is 0 Å². The van der Waals surface area contributed by atoms with E-state index in [2.05, 4.69) is 0 Å². The van der Waals surface area contributed by atoms with Gasteiger partial charge in [0.15, 0.2) is 0 Å². The first kappa shape index (κ1) is 47.4. The second-order valence-electron chi connectivity index (χ2n) is 16.7. The molecule has 2 aromatic heterocycles. The molecular weight excluding hydrogens is 796 g/mol. The van der Waals surface area contributed by atoms with Gasteiger partial charge in [-0.2, -0.15) is 0 Å². The number of fused-ring (bicyclic) bond motifs is 9. The number of hydrogen-bond acceptors (Lipinski definition) is 2. The van der Waals surface area contributed by atoms with Crippen LogP contribution in [0.4, 0.5) is 0 Å². The fraction of sp³-hybridized carbons (Fsp3) is 0. The van der Waals surface area contributed by atoms with Crippen LogP contribution in [0.1, 0.15) is 0 Å². The molecule has 26 heteroatoms. The van der Waals surface area contributed by atoms with Crippen LogP contribution in [0.15, 0.2) is 8.83 Å². The molecule has 0 aliphatic carbocycles. The minimum atomic E-state index is -0.174. The molecule has 68 heavy (non-hydrogen) atoms. The van der Waals surface area contributed by atoms with Crippen molar-refractivity contribution in [2.45, 2.75) is 0 Å². The van der Waals surface area contributed by atoms with E-state index >= 15 is 0 Å². The molecule has 0 aliphatic rings. The Bertz CT molecular complexity index is 4050. The third kappa shape index (κ3) is 5.70. The summed E-state index contributed by atoms with van der Waals surface area (Å²) in [5.74, 6) is 0. The van der Waals surface area contributed by atoms with Crippen molar-refractivity contribution in [2.75, 3.05) is 0 Å². The van der Waals surface area contributed by atoms with Crippen molar-refractivity contribution >= 4 is 396 Å². The quantitative estimate of drug-likeness (QED) is 0.129. The minimum absolute atomic E-state index is 0.00443. The van der Waals surface area contributed by atoms with Gasteiger partial charge in [-0.3, -0.25) is 0 Å². The van der Waals surface area contributed by atoms with Gasteiger partial charge in [-0.25, -0.2) is 0 Å². The predicted molar refractivity (Wildman–Crippen MR) is 314 cm³/mol. The third-order valence-corrected chi connectivity index (χ3v) is 13.4. The Morgan fingerprint density at radius 1 is 0.132 bits per heavy atom. The van der Waals surface area contributed by atoms with Gasteiger partial charge in [0.1, 0.15) is 211 Å². The molecule has 0 saturated carbocycles. The van der Waals surface area contributed by atoms with E-state index in [1.165, 1.54) is 0 Å². The fourth-order valence-electron chi connectivity index (χ4n) is 9.84. The summed E-state index contributed by atoms with van der Waals surface area (Å²) in [5.41, 5.74) is -2.64. The average molecular weight is 796 g/mol. The summed E-state index contributed by atoms with van der Waals surface area (Å²) in [6.45, 7) is 0. The number of hydrogen-bond donors (Lipinski definition) is 0. The molecule has 0 saturated heterocycles. The van der Waals surface area contributed by atoms with Gasteiger partial charge in [-0.05, 0) is 65.5 Å². The van der Waals surface area contributed by atoms with Gasteiger partial charge in [-0.15, -0.1) is 49.2 Å². The lowest BCUT2D eigenvalue weighted by molar-refractivity contribution is 0.670. The molecule has 0 aliphatic heterocycles. The normalized spacial score (nSPS) is 12.1. The summed E-state index contributed by atoms with van der Waals surface area (Å²) < 4.78 is 12.9. The highest BCUT2D eigenvalue weighted by Crippen LogP contribution is 2.43. The number of rotatable bonds is 2. The van der Waals surface area contributed by atoms with Crippen molar-refractivity contribution in [2.24, 2.45) is 0 Å². The molecule has 0 fully saturated rings. The number of furan rings is 2. The molecule has 252 valence electrons. The molecule has 0 unspecified atom stereocenters. The molecule has 2 nitrogen and oxygen atoms in total. The van der Waals surface area contributed by atoms with Gasteiger partial charge in [0, 0.05) is 21.5 Å². The van der Waals surface area contributed by atoms with Gasteiger partial charge in [0.25, 0.3) is 0 Å². The van der Waals surface area contributed by atoms with Crippen molar-refractivity contribution in [3.63, 3.8) is 0 Å². The highest BCUT2D eigenvalue weighted by atomic mass is 16.3. The van der Waals surface area contributed by atoms with Gasteiger partial charge in [0.2, 0.25) is 0 Å². The summed E-state index contributed by atoms with van der Waals surface area (Å²) in [4.78, 5) is 0. The summed E-state index contributed by atoms with van der Waals surface area (Å²) >= 11 is 0. The van der Waals surface area contributed by atoms with Crippen molar-refractivity contribution in [3.8, 4) is 22.3 Å². The standard InChI is InChI=1S/C42B24O2/c43-15-9(21(49)22(50)11-10(15)23(51)32(60)33(61)24(11)52)2-5-3(16(44)28(56)30(58)18(5)46)1(4-6(2)19(47)31(59)29(57)17(4)45)7-8-12-26(54)41-14(13-25(53)34(62)36(64)38(66)42(13)68-41)27(55)40(12)67-39(8)37(65)35(63)20(7)48. The third-order valence-electron chi connectivity index (χ3n) is 13.4. The van der Waals surface area contributed by atoms with Crippen LogP contribution in [0, 0.1) is 0 Å². The van der Waals surface area contributed by atoms with E-state index in [9.17, 15) is 0 Å². The van der Waals surface area contributed by atoms with E-state index in [1.54, 1.807) is 0 Å². The molecule has 0 N–H and O–H groups in total. The van der Waals surface area contributed by atoms with E-state index in [1.807, 2.05) is 0 Å². The van der Waals surface area contributed by atoms with Crippen molar-refractivity contribution in [1.29, 1.82) is 0 Å². The zero-order chi connectivity index (χ0) is 49.7. The largest absolute Gasteiger partial charge is 0.457 e. The van der Waals surface area contributed by atoms with Gasteiger partial charge in [-0.1, -0.05) is 71.0 Å². The molecule has 0 amide bonds. The van der Waals surface area contributed by atoms with Crippen LogP contribution in [0.25, 0.3) is 98.4 Å². The van der Waals surface area contributed by atoms with Crippen molar-refractivity contribution in [1.82, 2.24) is 0 Å². The maximum Gasteiger partial charge on any atom is 0.128 e. The predicted octanol–water partition coefficient (Wildman–Crippen LogP) is -16.7. The van der Waals surface area contributed by atoms with Gasteiger partial charge >= 0.3 is 0 Å². The second-order valence-corrected chi connectivity index (χ2v) is 16.7. The highest BCUT2D eigenvalue weighted by Gasteiger charge is 2.32. The van der Waals surface area contributed by atoms with E-state index in [-0.39, 0.29) is 230 Å². The summed E-state index contributed by atoms with van der Waals surface area (Å²) in [6, 6.07) is 0. The summed E-state index contributed by atoms with van der Waals surface area (Å²) in [6.07, 6.45) is 0. The average Bonchev–Trinajstić information content (AvgIpc) is 3.92. The molecular formula is C42B24O2. The lowest BCUT2D eigenvalue weighted by Gasteiger charge is -2.32. The first-order valence-corrected chi connectivity index (χ1v) is 20.0. The molecule has 48 radical (unpaired) electrons. The Morgan fingerprint density at radius 2 is 0.353 bits per heavy atom. The zero-order valence-electron chi connectivity index (χ0n) is 35.7. The topological polar surface area (TPSA) is 26.3 Å². The fourth-order valence-corrected chi connectivity index (χ4v) is 9.84. The Kier molecular flexibility index (Phi) is 10.9. The molecule has 0 spiro atoms. The van der Waals surface area contributed by atoms with Crippen LogP contribution in [-0.2, 0) is 0 Å². The van der Waals surface area contributed by atoms with Crippen LogP contribution >= 0.6 is 0 Å².